The van der Waals surface area contributed by atoms with Crippen LogP contribution in [0.4, 0.5) is 0 Å². The van der Waals surface area contributed by atoms with Gasteiger partial charge in [0.25, 0.3) is 5.91 Å². The summed E-state index contributed by atoms with van der Waals surface area (Å²) in [5, 5.41) is 3.19. The van der Waals surface area contributed by atoms with Crippen LogP contribution in [0.25, 0.3) is 0 Å². The van der Waals surface area contributed by atoms with Gasteiger partial charge in [0.05, 0.1) is 35.7 Å². The van der Waals surface area contributed by atoms with E-state index in [-0.39, 0.29) is 16.4 Å². The first-order valence-electron chi connectivity index (χ1n) is 7.82. The predicted molar refractivity (Wildman–Crippen MR) is 99.2 cm³/mol. The molecule has 2 rings (SSSR count). The van der Waals surface area contributed by atoms with Crippen LogP contribution in [0.2, 0.25) is 0 Å². The third-order valence-electron chi connectivity index (χ3n) is 3.60. The number of nitrogens with zero attached hydrogens (tertiary/aromatic N) is 1. The summed E-state index contributed by atoms with van der Waals surface area (Å²) in [5.74, 6) is 1.06. The van der Waals surface area contributed by atoms with Crippen LogP contribution in [-0.2, 0) is 0 Å². The number of carbonyl (C=O) groups excluding carboxylic acids is 1. The van der Waals surface area contributed by atoms with Gasteiger partial charge in [-0.25, -0.2) is 4.98 Å². The third-order valence-corrected chi connectivity index (χ3v) is 4.35. The minimum Gasteiger partial charge on any atom is -0.491 e. The topological polar surface area (TPSA) is 60.5 Å². The van der Waals surface area contributed by atoms with Gasteiger partial charge in [-0.1, -0.05) is 35.9 Å². The van der Waals surface area contributed by atoms with Gasteiger partial charge in [0, 0.05) is 6.07 Å². The summed E-state index contributed by atoms with van der Waals surface area (Å²) in [5.41, 5.74) is 0.432. The van der Waals surface area contributed by atoms with Crippen LogP contribution in [0.5, 0.6) is 11.5 Å². The van der Waals surface area contributed by atoms with Crippen LogP contribution in [-0.4, -0.2) is 24.6 Å². The van der Waals surface area contributed by atoms with Crippen molar-refractivity contribution in [2.75, 3.05) is 13.7 Å². The first kappa shape index (κ1) is 19.3. The van der Waals surface area contributed by atoms with E-state index in [2.05, 4.69) is 16.9 Å². The van der Waals surface area contributed by atoms with E-state index < -0.39 is 5.91 Å². The van der Waals surface area contributed by atoms with Crippen LogP contribution >= 0.6 is 23.2 Å². The zero-order valence-corrected chi connectivity index (χ0v) is 15.7. The fourth-order valence-corrected chi connectivity index (χ4v) is 2.31. The van der Waals surface area contributed by atoms with Gasteiger partial charge < -0.3 is 14.8 Å². The predicted octanol–water partition coefficient (Wildman–Crippen LogP) is 4.39. The van der Waals surface area contributed by atoms with E-state index in [1.165, 1.54) is 19.4 Å². The third kappa shape index (κ3) is 5.25. The Balaban J connectivity index is 2.22. The molecule has 1 amide bonds. The Morgan fingerprint density at radius 1 is 1.44 bits per heavy atom. The second-order valence-corrected chi connectivity index (χ2v) is 6.31. The first-order chi connectivity index (χ1) is 12.0. The zero-order chi connectivity index (χ0) is 18.4. The van der Waals surface area contributed by atoms with Crippen molar-refractivity contribution in [2.24, 2.45) is 5.92 Å². The fourth-order valence-electron chi connectivity index (χ4n) is 1.96. The number of rotatable bonds is 8. The lowest BCUT2D eigenvalue weighted by Crippen LogP contribution is -2.25. The number of carbonyl (C=O) groups is 1. The molecule has 1 heterocycles. The van der Waals surface area contributed by atoms with Crippen LogP contribution in [0.15, 0.2) is 46.8 Å². The minimum absolute atomic E-state index is 0.165. The Morgan fingerprint density at radius 2 is 2.16 bits per heavy atom. The summed E-state index contributed by atoms with van der Waals surface area (Å²) >= 11 is 12.2. The number of aromatic nitrogens is 1. The van der Waals surface area contributed by atoms with Gasteiger partial charge in [-0.2, -0.15) is 0 Å². The van der Waals surface area contributed by atoms with Crippen LogP contribution in [0.3, 0.4) is 0 Å². The standard InChI is InChI=1S/C18H20Cl2N2O3/c1-4-12(19)17(13(20)5-2)22-18(23)14-8-15(16(24-3)9-21-14)25-10-11-6-7-11/h4-5,8-9,11H,1,6-7,10H2,2-3H3,(H,22,23)/b13-5+,17-12-. The summed E-state index contributed by atoms with van der Waals surface area (Å²) in [7, 11) is 1.53. The second-order valence-electron chi connectivity index (χ2n) is 5.49. The van der Waals surface area contributed by atoms with Crippen molar-refractivity contribution >= 4 is 29.1 Å². The van der Waals surface area contributed by atoms with Gasteiger partial charge in [-0.05, 0) is 31.8 Å². The van der Waals surface area contributed by atoms with E-state index in [4.69, 9.17) is 32.7 Å². The average molecular weight is 383 g/mol. The maximum absolute atomic E-state index is 12.5. The normalized spacial score (nSPS) is 15.3. The Morgan fingerprint density at radius 3 is 2.72 bits per heavy atom. The van der Waals surface area contributed by atoms with Gasteiger partial charge >= 0.3 is 0 Å². The number of ether oxygens (including phenoxy) is 2. The Bertz CT molecular complexity index is 725. The highest BCUT2D eigenvalue weighted by atomic mass is 35.5. The SMILES string of the molecule is C=C/C(Cl)=C(NC(=O)c1cc(OCC2CC2)c(OC)cn1)\C(Cl)=C/C. The largest absolute Gasteiger partial charge is 0.491 e. The lowest BCUT2D eigenvalue weighted by atomic mass is 10.2. The summed E-state index contributed by atoms with van der Waals surface area (Å²) < 4.78 is 11.0. The summed E-state index contributed by atoms with van der Waals surface area (Å²) in [4.78, 5) is 16.6. The van der Waals surface area contributed by atoms with E-state index in [9.17, 15) is 4.79 Å². The highest BCUT2D eigenvalue weighted by Crippen LogP contribution is 2.32. The zero-order valence-electron chi connectivity index (χ0n) is 14.1. The van der Waals surface area contributed by atoms with Crippen molar-refractivity contribution in [1.29, 1.82) is 0 Å². The highest BCUT2D eigenvalue weighted by molar-refractivity contribution is 6.36. The van der Waals surface area contributed by atoms with Gasteiger partial charge in [0.1, 0.15) is 5.69 Å². The Labute approximate surface area is 157 Å². The Hall–Kier alpha value is -1.98. The molecule has 134 valence electrons. The molecule has 1 aromatic rings. The average Bonchev–Trinajstić information content (AvgIpc) is 3.47. The number of nitrogens with one attached hydrogen (secondary N) is 1. The van der Waals surface area contributed by atoms with Gasteiger partial charge in [0.15, 0.2) is 11.5 Å². The molecule has 1 aliphatic carbocycles. The monoisotopic (exact) mass is 382 g/mol. The minimum atomic E-state index is -0.464. The molecule has 25 heavy (non-hydrogen) atoms. The molecule has 7 heteroatoms. The fraction of sp³-hybridized carbons (Fsp3) is 0.333. The van der Waals surface area contributed by atoms with E-state index in [1.807, 2.05) is 0 Å². The second kappa shape index (κ2) is 8.92. The lowest BCUT2D eigenvalue weighted by molar-refractivity contribution is 0.0961. The number of allylic oxidation sites excluding steroid dienone is 4. The molecule has 1 N–H and O–H groups in total. The van der Waals surface area contributed by atoms with E-state index in [0.29, 0.717) is 29.1 Å². The van der Waals surface area contributed by atoms with Crippen molar-refractivity contribution in [2.45, 2.75) is 19.8 Å². The number of methoxy groups -OCH3 is 1. The molecule has 1 aliphatic rings. The van der Waals surface area contributed by atoms with E-state index in [0.717, 1.165) is 12.8 Å². The van der Waals surface area contributed by atoms with Crippen molar-refractivity contribution in [3.63, 3.8) is 0 Å². The molecule has 5 nitrogen and oxygen atoms in total. The molecule has 0 unspecified atom stereocenters. The van der Waals surface area contributed by atoms with Crippen molar-refractivity contribution < 1.29 is 14.3 Å². The molecule has 1 aromatic heterocycles. The smallest absolute Gasteiger partial charge is 0.274 e. The molecule has 0 bridgehead atoms. The summed E-state index contributed by atoms with van der Waals surface area (Å²) in [6.45, 7) is 5.91. The van der Waals surface area contributed by atoms with Crippen LogP contribution in [0, 0.1) is 5.92 Å². The van der Waals surface area contributed by atoms with Crippen molar-refractivity contribution in [3.8, 4) is 11.5 Å². The maximum Gasteiger partial charge on any atom is 0.274 e. The number of pyridine rings is 1. The number of hydrogen-bond donors (Lipinski definition) is 1. The van der Waals surface area contributed by atoms with Crippen LogP contribution in [0.1, 0.15) is 30.3 Å². The van der Waals surface area contributed by atoms with Gasteiger partial charge in [-0.3, -0.25) is 4.79 Å². The first-order valence-corrected chi connectivity index (χ1v) is 8.58. The highest BCUT2D eigenvalue weighted by Gasteiger charge is 2.23. The molecule has 0 saturated heterocycles. The molecule has 0 aliphatic heterocycles. The molecule has 1 saturated carbocycles. The molecule has 0 aromatic carbocycles. The van der Waals surface area contributed by atoms with Gasteiger partial charge in [0.2, 0.25) is 0 Å². The lowest BCUT2D eigenvalue weighted by Gasteiger charge is -2.13. The molecular weight excluding hydrogens is 363 g/mol. The molecule has 0 atom stereocenters. The van der Waals surface area contributed by atoms with E-state index >= 15 is 0 Å². The summed E-state index contributed by atoms with van der Waals surface area (Å²) in [6, 6.07) is 1.54. The molecule has 0 spiro atoms. The molecule has 1 fully saturated rings. The number of hydrogen-bond acceptors (Lipinski definition) is 4. The molecule has 0 radical (unpaired) electrons. The number of amides is 1. The summed E-state index contributed by atoms with van der Waals surface area (Å²) in [6.07, 6.45) is 6.80. The van der Waals surface area contributed by atoms with Crippen molar-refractivity contribution in [1.82, 2.24) is 10.3 Å². The maximum atomic E-state index is 12.5. The van der Waals surface area contributed by atoms with Crippen molar-refractivity contribution in [3.05, 3.63) is 52.4 Å². The van der Waals surface area contributed by atoms with E-state index in [1.54, 1.807) is 19.1 Å². The number of halogens is 2. The molecular formula is C18H20Cl2N2O3. The Kier molecular flexibility index (Phi) is 6.91. The quantitative estimate of drug-likeness (QED) is 0.677. The van der Waals surface area contributed by atoms with Crippen LogP contribution < -0.4 is 14.8 Å². The van der Waals surface area contributed by atoms with Gasteiger partial charge in [-0.15, -0.1) is 0 Å².